The predicted octanol–water partition coefficient (Wildman–Crippen LogP) is 3.64. The number of H-pyrrole nitrogens is 1. The Bertz CT molecular complexity index is 1210. The topological polar surface area (TPSA) is 124 Å². The standard InChI is InChI=1S/C25H32N4O5/c1-4-6-13-28-23(26)22(24(31)27-25(28)32)29(15-18-10-9-14-33-18)21(30)16-34-20-12-8-7-11-19(20)17(3)5-2/h7-12,14,17H,4-6,13,15-16,26H2,1-3H3,(H,27,31,32). The van der Waals surface area contributed by atoms with Gasteiger partial charge in [-0.3, -0.25) is 24.0 Å². The minimum atomic E-state index is -0.741. The highest BCUT2D eigenvalue weighted by Crippen LogP contribution is 2.28. The van der Waals surface area contributed by atoms with Gasteiger partial charge >= 0.3 is 5.69 Å². The van der Waals surface area contributed by atoms with Gasteiger partial charge in [0.15, 0.2) is 12.3 Å². The first-order valence-corrected chi connectivity index (χ1v) is 11.5. The number of amides is 1. The Hall–Kier alpha value is -3.75. The van der Waals surface area contributed by atoms with Crippen molar-refractivity contribution in [3.8, 4) is 5.75 Å². The highest BCUT2D eigenvalue weighted by molar-refractivity contribution is 5.96. The first-order chi connectivity index (χ1) is 16.4. The normalized spacial score (nSPS) is 11.9. The van der Waals surface area contributed by atoms with E-state index in [0.717, 1.165) is 18.4 Å². The Morgan fingerprint density at radius 3 is 2.65 bits per heavy atom. The number of nitrogens with zero attached hydrogens (tertiary/aromatic N) is 2. The van der Waals surface area contributed by atoms with Gasteiger partial charge in [-0.25, -0.2) is 4.79 Å². The number of furan rings is 1. The average Bonchev–Trinajstić information content (AvgIpc) is 3.34. The average molecular weight is 469 g/mol. The highest BCUT2D eigenvalue weighted by atomic mass is 16.5. The van der Waals surface area contributed by atoms with Gasteiger partial charge in [0.1, 0.15) is 17.3 Å². The lowest BCUT2D eigenvalue weighted by Crippen LogP contribution is -2.42. The number of nitrogens with two attached hydrogens (primary N) is 1. The number of hydrogen-bond donors (Lipinski definition) is 2. The van der Waals surface area contributed by atoms with Crippen LogP contribution < -0.4 is 26.6 Å². The molecule has 1 unspecified atom stereocenters. The molecule has 1 aromatic carbocycles. The van der Waals surface area contributed by atoms with Crippen molar-refractivity contribution < 1.29 is 13.9 Å². The van der Waals surface area contributed by atoms with Crippen LogP contribution in [-0.2, 0) is 17.9 Å². The molecule has 0 radical (unpaired) electrons. The van der Waals surface area contributed by atoms with Crippen LogP contribution in [0.4, 0.5) is 11.5 Å². The van der Waals surface area contributed by atoms with E-state index in [2.05, 4.69) is 18.8 Å². The second-order valence-corrected chi connectivity index (χ2v) is 8.19. The second-order valence-electron chi connectivity index (χ2n) is 8.19. The summed E-state index contributed by atoms with van der Waals surface area (Å²) in [6.45, 7) is 6.12. The smallest absolute Gasteiger partial charge is 0.330 e. The van der Waals surface area contributed by atoms with Crippen molar-refractivity contribution in [3.63, 3.8) is 0 Å². The Morgan fingerprint density at radius 2 is 1.97 bits per heavy atom. The number of nitrogen functional groups attached to an aromatic ring is 1. The van der Waals surface area contributed by atoms with Crippen LogP contribution in [0.2, 0.25) is 0 Å². The summed E-state index contributed by atoms with van der Waals surface area (Å²) in [6.07, 6.45) is 3.92. The molecule has 9 heteroatoms. The van der Waals surface area contributed by atoms with Crippen molar-refractivity contribution in [2.75, 3.05) is 17.2 Å². The van der Waals surface area contributed by atoms with Crippen LogP contribution in [0.25, 0.3) is 0 Å². The van der Waals surface area contributed by atoms with Crippen molar-refractivity contribution in [3.05, 3.63) is 74.8 Å². The molecular formula is C25H32N4O5. The van der Waals surface area contributed by atoms with E-state index in [4.69, 9.17) is 14.9 Å². The summed E-state index contributed by atoms with van der Waals surface area (Å²) < 4.78 is 12.6. The Kier molecular flexibility index (Phi) is 8.34. The molecule has 0 bridgehead atoms. The lowest BCUT2D eigenvalue weighted by molar-refractivity contribution is -0.120. The summed E-state index contributed by atoms with van der Waals surface area (Å²) in [5.74, 6) is 0.762. The molecular weight excluding hydrogens is 436 g/mol. The zero-order valence-electron chi connectivity index (χ0n) is 19.9. The number of para-hydroxylation sites is 1. The van der Waals surface area contributed by atoms with Gasteiger partial charge in [0, 0.05) is 6.54 Å². The van der Waals surface area contributed by atoms with E-state index < -0.39 is 17.2 Å². The first kappa shape index (κ1) is 24.9. The van der Waals surface area contributed by atoms with E-state index in [-0.39, 0.29) is 30.6 Å². The first-order valence-electron chi connectivity index (χ1n) is 11.5. The number of rotatable bonds is 11. The van der Waals surface area contributed by atoms with Gasteiger partial charge in [0.25, 0.3) is 11.5 Å². The number of hydrogen-bond acceptors (Lipinski definition) is 6. The second kappa shape index (κ2) is 11.4. The van der Waals surface area contributed by atoms with Crippen molar-refractivity contribution in [1.29, 1.82) is 0 Å². The van der Waals surface area contributed by atoms with Crippen LogP contribution >= 0.6 is 0 Å². The fourth-order valence-electron chi connectivity index (χ4n) is 3.68. The minimum Gasteiger partial charge on any atom is -0.483 e. The SMILES string of the molecule is CCCCn1c(N)c(N(Cc2ccco2)C(=O)COc2ccccc2C(C)CC)c(=O)[nH]c1=O. The molecule has 0 aliphatic heterocycles. The molecule has 1 atom stereocenters. The summed E-state index contributed by atoms with van der Waals surface area (Å²) in [5, 5.41) is 0. The zero-order valence-corrected chi connectivity index (χ0v) is 19.9. The number of benzene rings is 1. The number of aromatic amines is 1. The van der Waals surface area contributed by atoms with Crippen LogP contribution in [0.1, 0.15) is 57.3 Å². The van der Waals surface area contributed by atoms with E-state index in [0.29, 0.717) is 24.5 Å². The van der Waals surface area contributed by atoms with Gasteiger partial charge in [-0.15, -0.1) is 0 Å². The van der Waals surface area contributed by atoms with E-state index >= 15 is 0 Å². The van der Waals surface area contributed by atoms with Gasteiger partial charge in [-0.1, -0.05) is 45.4 Å². The van der Waals surface area contributed by atoms with Crippen LogP contribution in [0.3, 0.4) is 0 Å². The third kappa shape index (κ3) is 5.59. The molecule has 0 spiro atoms. The lowest BCUT2D eigenvalue weighted by Gasteiger charge is -2.24. The molecule has 3 aromatic rings. The van der Waals surface area contributed by atoms with Crippen molar-refractivity contribution in [2.24, 2.45) is 0 Å². The van der Waals surface area contributed by atoms with Crippen molar-refractivity contribution >= 4 is 17.4 Å². The summed E-state index contributed by atoms with van der Waals surface area (Å²) in [6, 6.07) is 10.9. The third-order valence-electron chi connectivity index (χ3n) is 5.83. The highest BCUT2D eigenvalue weighted by Gasteiger charge is 2.26. The van der Waals surface area contributed by atoms with Crippen LogP contribution in [0, 0.1) is 0 Å². The maximum atomic E-state index is 13.4. The monoisotopic (exact) mass is 468 g/mol. The number of carbonyl (C=O) groups is 1. The largest absolute Gasteiger partial charge is 0.483 e. The molecule has 0 saturated carbocycles. The third-order valence-corrected chi connectivity index (χ3v) is 5.83. The Labute approximate surface area is 198 Å². The van der Waals surface area contributed by atoms with Gasteiger partial charge in [0.2, 0.25) is 0 Å². The van der Waals surface area contributed by atoms with Gasteiger partial charge < -0.3 is 14.9 Å². The number of nitrogens with one attached hydrogen (secondary N) is 1. The fraction of sp³-hybridized carbons (Fsp3) is 0.400. The van der Waals surface area contributed by atoms with E-state index in [9.17, 15) is 14.4 Å². The molecule has 2 aromatic heterocycles. The maximum Gasteiger partial charge on any atom is 0.330 e. The van der Waals surface area contributed by atoms with Gasteiger partial charge in [-0.2, -0.15) is 0 Å². The molecule has 3 rings (SSSR count). The molecule has 182 valence electrons. The van der Waals surface area contributed by atoms with Crippen LogP contribution in [-0.4, -0.2) is 22.1 Å². The van der Waals surface area contributed by atoms with Crippen LogP contribution in [0.15, 0.2) is 56.7 Å². The number of anilines is 2. The fourth-order valence-corrected chi connectivity index (χ4v) is 3.68. The molecule has 0 aliphatic rings. The Morgan fingerprint density at radius 1 is 1.21 bits per heavy atom. The van der Waals surface area contributed by atoms with Gasteiger partial charge in [0.05, 0.1) is 12.8 Å². The number of aromatic nitrogens is 2. The molecule has 9 nitrogen and oxygen atoms in total. The molecule has 0 fully saturated rings. The van der Waals surface area contributed by atoms with Crippen LogP contribution in [0.5, 0.6) is 5.75 Å². The molecule has 34 heavy (non-hydrogen) atoms. The zero-order chi connectivity index (χ0) is 24.7. The predicted molar refractivity (Wildman–Crippen MR) is 131 cm³/mol. The summed E-state index contributed by atoms with van der Waals surface area (Å²) in [7, 11) is 0. The maximum absolute atomic E-state index is 13.4. The van der Waals surface area contributed by atoms with Gasteiger partial charge in [-0.05, 0) is 42.5 Å². The molecule has 3 N–H and O–H groups in total. The summed E-state index contributed by atoms with van der Waals surface area (Å²) in [4.78, 5) is 42.0. The van der Waals surface area contributed by atoms with E-state index in [1.165, 1.54) is 15.7 Å². The number of unbranched alkanes of at least 4 members (excludes halogenated alkanes) is 1. The molecule has 2 heterocycles. The quantitative estimate of drug-likeness (QED) is 0.443. The van der Waals surface area contributed by atoms with E-state index in [1.54, 1.807) is 12.1 Å². The summed E-state index contributed by atoms with van der Waals surface area (Å²) >= 11 is 0. The summed E-state index contributed by atoms with van der Waals surface area (Å²) in [5.41, 5.74) is 5.81. The van der Waals surface area contributed by atoms with E-state index in [1.807, 2.05) is 31.2 Å². The Balaban J connectivity index is 1.96. The number of carbonyl (C=O) groups excluding carboxylic acids is 1. The minimum absolute atomic E-state index is 0.0402. The molecule has 1 amide bonds. The van der Waals surface area contributed by atoms with Crippen molar-refractivity contribution in [1.82, 2.24) is 9.55 Å². The molecule has 0 aliphatic carbocycles. The lowest BCUT2D eigenvalue weighted by atomic mass is 9.98. The van der Waals surface area contributed by atoms with Crippen molar-refractivity contribution in [2.45, 2.75) is 59.0 Å². The molecule has 0 saturated heterocycles. The number of ether oxygens (including phenoxy) is 1.